The van der Waals surface area contributed by atoms with Crippen LogP contribution in [0.1, 0.15) is 44.7 Å². The Morgan fingerprint density at radius 3 is 3.00 bits per heavy atom. The quantitative estimate of drug-likeness (QED) is 0.698. The highest BCUT2D eigenvalue weighted by Crippen LogP contribution is 2.28. The Bertz CT molecular complexity index is 299. The lowest BCUT2D eigenvalue weighted by atomic mass is 9.83. The van der Waals surface area contributed by atoms with Crippen LogP contribution in [0.5, 0.6) is 0 Å². The van der Waals surface area contributed by atoms with Gasteiger partial charge < -0.3 is 9.88 Å². The molecule has 16 heavy (non-hydrogen) atoms. The summed E-state index contributed by atoms with van der Waals surface area (Å²) in [5.74, 6) is 1.02. The molecule has 0 saturated heterocycles. The van der Waals surface area contributed by atoms with E-state index in [9.17, 15) is 0 Å². The van der Waals surface area contributed by atoms with Gasteiger partial charge in [-0.25, -0.2) is 0 Å². The van der Waals surface area contributed by atoms with Gasteiger partial charge in [0, 0.05) is 25.0 Å². The predicted molar refractivity (Wildman–Crippen MR) is 68.4 cm³/mol. The molecule has 90 valence electrons. The van der Waals surface area contributed by atoms with Gasteiger partial charge in [0.05, 0.1) is 0 Å². The first-order chi connectivity index (χ1) is 7.90. The number of hydrogen-bond acceptors (Lipinski definition) is 1. The van der Waals surface area contributed by atoms with Crippen molar-refractivity contribution >= 4 is 0 Å². The maximum absolute atomic E-state index is 3.56. The van der Waals surface area contributed by atoms with E-state index in [-0.39, 0.29) is 0 Å². The minimum absolute atomic E-state index is 1.02. The van der Waals surface area contributed by atoms with E-state index in [1.807, 2.05) is 0 Å². The zero-order chi connectivity index (χ0) is 11.2. The molecule has 1 aliphatic rings. The zero-order valence-electron chi connectivity index (χ0n) is 10.4. The van der Waals surface area contributed by atoms with Gasteiger partial charge in [0.1, 0.15) is 0 Å². The third-order valence-electron chi connectivity index (χ3n) is 3.65. The maximum atomic E-state index is 3.56. The van der Waals surface area contributed by atoms with E-state index >= 15 is 0 Å². The minimum atomic E-state index is 1.02. The van der Waals surface area contributed by atoms with Gasteiger partial charge >= 0.3 is 0 Å². The number of nitrogens with zero attached hydrogens (tertiary/aromatic N) is 1. The van der Waals surface area contributed by atoms with Crippen molar-refractivity contribution in [2.24, 2.45) is 5.92 Å². The third kappa shape index (κ3) is 3.11. The van der Waals surface area contributed by atoms with Crippen molar-refractivity contribution in [2.75, 3.05) is 6.54 Å². The Morgan fingerprint density at radius 2 is 2.31 bits per heavy atom. The van der Waals surface area contributed by atoms with Crippen LogP contribution in [0.15, 0.2) is 18.3 Å². The fraction of sp³-hybridized carbons (Fsp3) is 0.714. The molecule has 0 unspecified atom stereocenters. The molecule has 2 rings (SSSR count). The van der Waals surface area contributed by atoms with E-state index in [2.05, 4.69) is 35.1 Å². The highest BCUT2D eigenvalue weighted by molar-refractivity contribution is 5.06. The van der Waals surface area contributed by atoms with Crippen LogP contribution in [0.2, 0.25) is 0 Å². The summed E-state index contributed by atoms with van der Waals surface area (Å²) in [6.07, 6.45) is 9.16. The molecule has 1 N–H and O–H groups in total. The normalized spacial score (nSPS) is 16.3. The first-order valence-electron chi connectivity index (χ1n) is 6.75. The molecule has 2 nitrogen and oxygen atoms in total. The van der Waals surface area contributed by atoms with Crippen LogP contribution in [0.4, 0.5) is 0 Å². The van der Waals surface area contributed by atoms with Crippen LogP contribution in [-0.2, 0) is 13.1 Å². The number of aryl methyl sites for hydroxylation is 1. The summed E-state index contributed by atoms with van der Waals surface area (Å²) < 4.78 is 2.36. The van der Waals surface area contributed by atoms with Crippen LogP contribution in [0.3, 0.4) is 0 Å². The highest BCUT2D eigenvalue weighted by atomic mass is 15.0. The van der Waals surface area contributed by atoms with Crippen molar-refractivity contribution in [2.45, 2.75) is 52.1 Å². The Labute approximate surface area is 99.0 Å². The van der Waals surface area contributed by atoms with E-state index < -0.39 is 0 Å². The maximum Gasteiger partial charge on any atom is 0.0359 e. The Kier molecular flexibility index (Phi) is 4.46. The molecule has 0 radical (unpaired) electrons. The number of aromatic nitrogens is 1. The van der Waals surface area contributed by atoms with Crippen LogP contribution in [0, 0.1) is 5.92 Å². The van der Waals surface area contributed by atoms with Crippen LogP contribution in [0.25, 0.3) is 0 Å². The Morgan fingerprint density at radius 1 is 1.44 bits per heavy atom. The van der Waals surface area contributed by atoms with Gasteiger partial charge in [-0.1, -0.05) is 26.2 Å². The fourth-order valence-electron chi connectivity index (χ4n) is 2.37. The monoisotopic (exact) mass is 220 g/mol. The van der Waals surface area contributed by atoms with Crippen molar-refractivity contribution in [3.8, 4) is 0 Å². The summed E-state index contributed by atoms with van der Waals surface area (Å²) in [5, 5.41) is 3.56. The number of hydrogen-bond donors (Lipinski definition) is 1. The second-order valence-electron chi connectivity index (χ2n) is 4.96. The summed E-state index contributed by atoms with van der Waals surface area (Å²) in [7, 11) is 0. The number of nitrogens with one attached hydrogen (secondary N) is 1. The lowest BCUT2D eigenvalue weighted by Gasteiger charge is -2.25. The fourth-order valence-corrected chi connectivity index (χ4v) is 2.37. The molecular weight excluding hydrogens is 196 g/mol. The van der Waals surface area contributed by atoms with Crippen molar-refractivity contribution in [1.82, 2.24) is 9.88 Å². The molecule has 1 fully saturated rings. The lowest BCUT2D eigenvalue weighted by Crippen LogP contribution is -2.22. The highest BCUT2D eigenvalue weighted by Gasteiger charge is 2.16. The van der Waals surface area contributed by atoms with Gasteiger partial charge in [0.15, 0.2) is 0 Å². The lowest BCUT2D eigenvalue weighted by molar-refractivity contribution is 0.291. The van der Waals surface area contributed by atoms with Crippen LogP contribution >= 0.6 is 0 Å². The van der Waals surface area contributed by atoms with Gasteiger partial charge in [0.2, 0.25) is 0 Å². The predicted octanol–water partition coefficient (Wildman–Crippen LogP) is 3.18. The molecule has 0 aromatic carbocycles. The largest absolute Gasteiger partial charge is 0.350 e. The topological polar surface area (TPSA) is 17.0 Å². The average Bonchev–Trinajstić information content (AvgIpc) is 2.63. The Hall–Kier alpha value is -0.760. The van der Waals surface area contributed by atoms with Gasteiger partial charge in [0.25, 0.3) is 0 Å². The standard InChI is InChI=1S/C14H24N2/c1-2-10-16-11-4-7-14(16)12-15-9-8-13-5-3-6-13/h4,7,11,13,15H,2-3,5-6,8-10,12H2,1H3. The average molecular weight is 220 g/mol. The summed E-state index contributed by atoms with van der Waals surface area (Å²) in [5.41, 5.74) is 1.43. The SMILES string of the molecule is CCCn1cccc1CNCCC1CCC1. The second-order valence-corrected chi connectivity index (χ2v) is 4.96. The first kappa shape index (κ1) is 11.7. The second kappa shape index (κ2) is 6.09. The number of rotatable bonds is 7. The van der Waals surface area contributed by atoms with Crippen molar-refractivity contribution in [3.63, 3.8) is 0 Å². The summed E-state index contributed by atoms with van der Waals surface area (Å²) in [6, 6.07) is 4.38. The smallest absolute Gasteiger partial charge is 0.0359 e. The molecule has 0 amide bonds. The third-order valence-corrected chi connectivity index (χ3v) is 3.65. The molecule has 1 aromatic rings. The molecule has 0 aliphatic heterocycles. The molecular formula is C14H24N2. The van der Waals surface area contributed by atoms with Crippen LogP contribution in [-0.4, -0.2) is 11.1 Å². The minimum Gasteiger partial charge on any atom is -0.350 e. The zero-order valence-corrected chi connectivity index (χ0v) is 10.4. The van der Waals surface area contributed by atoms with E-state index in [1.54, 1.807) is 0 Å². The van der Waals surface area contributed by atoms with Gasteiger partial charge in [-0.2, -0.15) is 0 Å². The van der Waals surface area contributed by atoms with Gasteiger partial charge in [-0.3, -0.25) is 0 Å². The van der Waals surface area contributed by atoms with E-state index in [1.165, 1.54) is 44.3 Å². The molecule has 1 aliphatic carbocycles. The summed E-state index contributed by atoms with van der Waals surface area (Å²) in [6.45, 7) is 5.59. The van der Waals surface area contributed by atoms with E-state index in [0.717, 1.165) is 19.0 Å². The molecule has 0 bridgehead atoms. The summed E-state index contributed by atoms with van der Waals surface area (Å²) in [4.78, 5) is 0. The first-order valence-corrected chi connectivity index (χ1v) is 6.75. The molecule has 0 spiro atoms. The van der Waals surface area contributed by atoms with Crippen molar-refractivity contribution < 1.29 is 0 Å². The molecule has 1 heterocycles. The molecule has 2 heteroatoms. The van der Waals surface area contributed by atoms with Gasteiger partial charge in [-0.15, -0.1) is 0 Å². The molecule has 1 saturated carbocycles. The Balaban J connectivity index is 1.65. The van der Waals surface area contributed by atoms with E-state index in [0.29, 0.717) is 0 Å². The van der Waals surface area contributed by atoms with Crippen LogP contribution < -0.4 is 5.32 Å². The molecule has 0 atom stereocenters. The van der Waals surface area contributed by atoms with Crippen molar-refractivity contribution in [1.29, 1.82) is 0 Å². The van der Waals surface area contributed by atoms with E-state index in [4.69, 9.17) is 0 Å². The van der Waals surface area contributed by atoms with Crippen molar-refractivity contribution in [3.05, 3.63) is 24.0 Å². The molecule has 1 aromatic heterocycles. The van der Waals surface area contributed by atoms with Gasteiger partial charge in [-0.05, 0) is 37.4 Å². The summed E-state index contributed by atoms with van der Waals surface area (Å²) >= 11 is 0.